The number of phosphoric ester groups is 1. The van der Waals surface area contributed by atoms with Gasteiger partial charge in [0, 0.05) is 17.1 Å². The predicted octanol–water partition coefficient (Wildman–Crippen LogP) is 5.50. The normalized spacial score (nSPS) is 11.2. The van der Waals surface area contributed by atoms with Gasteiger partial charge in [-0.3, -0.25) is 13.6 Å². The second kappa shape index (κ2) is 15.4. The minimum atomic E-state index is -3.46. The molecule has 0 radical (unpaired) electrons. The third-order valence-corrected chi connectivity index (χ3v) is 8.15. The molecule has 2 N–H and O–H groups in total. The second-order valence-electron chi connectivity index (χ2n) is 6.41. The lowest BCUT2D eigenvalue weighted by Gasteiger charge is -2.15. The van der Waals surface area contributed by atoms with E-state index >= 15 is 0 Å². The zero-order valence-electron chi connectivity index (χ0n) is 19.0. The zero-order valence-corrected chi connectivity index (χ0v) is 22.3. The summed E-state index contributed by atoms with van der Waals surface area (Å²) in [6, 6.07) is 13.5. The van der Waals surface area contributed by atoms with Crippen molar-refractivity contribution in [2.75, 3.05) is 37.9 Å². The maximum Gasteiger partial charge on any atom is 0.474 e. The van der Waals surface area contributed by atoms with Crippen molar-refractivity contribution >= 4 is 52.6 Å². The second-order valence-corrected chi connectivity index (χ2v) is 11.2. The van der Waals surface area contributed by atoms with Gasteiger partial charge in [-0.25, -0.2) is 9.36 Å². The first-order valence-electron chi connectivity index (χ1n) is 10.5. The lowest BCUT2D eigenvalue weighted by molar-refractivity contribution is 0.0734. The van der Waals surface area contributed by atoms with E-state index < -0.39 is 13.8 Å². The maximum absolute atomic E-state index is 12.4. The quantitative estimate of drug-likeness (QED) is 0.0722. The fourth-order valence-corrected chi connectivity index (χ4v) is 5.57. The van der Waals surface area contributed by atoms with Crippen molar-refractivity contribution in [2.24, 2.45) is 5.73 Å². The monoisotopic (exact) mass is 545 g/mol. The Labute approximate surface area is 213 Å². The Morgan fingerprint density at radius 3 is 2.18 bits per heavy atom. The Bertz CT molecular complexity index is 965. The Morgan fingerprint density at radius 2 is 1.56 bits per heavy atom. The Hall–Kier alpha value is -1.59. The summed E-state index contributed by atoms with van der Waals surface area (Å²) in [6.45, 7) is 4.68. The van der Waals surface area contributed by atoms with Crippen LogP contribution in [0.3, 0.4) is 0 Å². The van der Waals surface area contributed by atoms with Gasteiger partial charge in [-0.1, -0.05) is 39.9 Å². The van der Waals surface area contributed by atoms with Crippen molar-refractivity contribution in [1.82, 2.24) is 0 Å². The van der Waals surface area contributed by atoms with Gasteiger partial charge in [0.25, 0.3) is 0 Å². The van der Waals surface area contributed by atoms with Crippen LogP contribution < -0.4 is 15.2 Å². The number of nitrogens with two attached hydrogens (primary N) is 1. The average molecular weight is 546 g/mol. The van der Waals surface area contributed by atoms with Crippen molar-refractivity contribution in [3.63, 3.8) is 0 Å². The van der Waals surface area contributed by atoms with Crippen molar-refractivity contribution in [1.29, 1.82) is 0 Å². The number of esters is 1. The number of phosphoric acid groups is 1. The average Bonchev–Trinajstić information content (AvgIpc) is 2.81. The van der Waals surface area contributed by atoms with Crippen LogP contribution in [0.15, 0.2) is 48.5 Å². The molecule has 0 spiro atoms. The topological polar surface area (TPSA) is 106 Å². The molecule has 0 aliphatic carbocycles. The van der Waals surface area contributed by atoms with Gasteiger partial charge in [-0.05, 0) is 56.3 Å². The molecule has 0 heterocycles. The zero-order chi connectivity index (χ0) is 24.8. The molecule has 2 aromatic carbocycles. The summed E-state index contributed by atoms with van der Waals surface area (Å²) in [7, 11) is -0.295. The molecule has 0 saturated heterocycles. The lowest BCUT2D eigenvalue weighted by atomic mass is 10.2. The molecule has 34 heavy (non-hydrogen) atoms. The largest absolute Gasteiger partial charge is 0.493 e. The molecule has 0 aliphatic heterocycles. The Morgan fingerprint density at radius 1 is 0.912 bits per heavy atom. The fraction of sp³-hybridized carbons (Fsp3) is 0.364. The molecule has 186 valence electrons. The van der Waals surface area contributed by atoms with Gasteiger partial charge in [0.15, 0.2) is 0 Å². The third kappa shape index (κ3) is 10.4. The summed E-state index contributed by atoms with van der Waals surface area (Å²) in [4.78, 5) is 12.7. The standard InChI is InChI=1S/C22H28NO7PS3/c1-3-27-31(25,28-4-2)29-13-15-34-33-14-12-26-20-7-5-6-18(16-20)22(24)30-19-10-8-17(9-11-19)21(23)32/h5-11,16H,3-4,12-15H2,1-2H3,(H2,23,32). The number of carbonyl (C=O) groups excluding carboxylic acids is 1. The van der Waals surface area contributed by atoms with E-state index in [0.29, 0.717) is 40.7 Å². The van der Waals surface area contributed by atoms with E-state index in [0.717, 1.165) is 0 Å². The first-order valence-corrected chi connectivity index (χ1v) is 14.9. The molecular formula is C22H28NO7PS3. The van der Waals surface area contributed by atoms with Crippen LogP contribution in [0.2, 0.25) is 0 Å². The maximum atomic E-state index is 12.4. The van der Waals surface area contributed by atoms with Crippen molar-refractivity contribution in [2.45, 2.75) is 13.8 Å². The van der Waals surface area contributed by atoms with Crippen LogP contribution in [-0.4, -0.2) is 48.9 Å². The minimum absolute atomic E-state index is 0.252. The van der Waals surface area contributed by atoms with E-state index in [9.17, 15) is 9.36 Å². The highest BCUT2D eigenvalue weighted by molar-refractivity contribution is 8.76. The van der Waals surface area contributed by atoms with Crippen LogP contribution in [0.25, 0.3) is 0 Å². The van der Waals surface area contributed by atoms with Gasteiger partial charge < -0.3 is 15.2 Å². The lowest BCUT2D eigenvalue weighted by Crippen LogP contribution is -2.11. The highest BCUT2D eigenvalue weighted by Crippen LogP contribution is 2.49. The fourth-order valence-electron chi connectivity index (χ4n) is 2.49. The number of rotatable bonds is 16. The van der Waals surface area contributed by atoms with Gasteiger partial charge in [-0.2, -0.15) is 0 Å². The molecular weight excluding hydrogens is 517 g/mol. The van der Waals surface area contributed by atoms with E-state index in [1.165, 1.54) is 0 Å². The van der Waals surface area contributed by atoms with Gasteiger partial charge in [-0.15, -0.1) is 0 Å². The first kappa shape index (κ1) is 28.6. The van der Waals surface area contributed by atoms with Gasteiger partial charge >= 0.3 is 13.8 Å². The predicted molar refractivity (Wildman–Crippen MR) is 141 cm³/mol. The molecule has 0 aliphatic rings. The van der Waals surface area contributed by atoms with Crippen LogP contribution in [0.5, 0.6) is 11.5 Å². The van der Waals surface area contributed by atoms with Crippen LogP contribution in [-0.2, 0) is 18.1 Å². The van der Waals surface area contributed by atoms with Gasteiger partial charge in [0.05, 0.1) is 32.0 Å². The molecule has 0 fully saturated rings. The molecule has 0 unspecified atom stereocenters. The summed E-state index contributed by atoms with van der Waals surface area (Å²) in [5.74, 6) is 1.81. The van der Waals surface area contributed by atoms with Crippen LogP contribution in [0, 0.1) is 0 Å². The summed E-state index contributed by atoms with van der Waals surface area (Å²) in [6.07, 6.45) is 0. The summed E-state index contributed by atoms with van der Waals surface area (Å²) < 4.78 is 38.7. The third-order valence-electron chi connectivity index (χ3n) is 3.93. The van der Waals surface area contributed by atoms with Crippen molar-refractivity contribution in [3.05, 3.63) is 59.7 Å². The number of hydrogen-bond acceptors (Lipinski definition) is 10. The van der Waals surface area contributed by atoms with E-state index in [1.807, 2.05) is 0 Å². The molecule has 0 aromatic heterocycles. The van der Waals surface area contributed by atoms with Crippen LogP contribution >= 0.6 is 41.6 Å². The number of hydrogen-bond donors (Lipinski definition) is 1. The number of thiocarbonyl (C=S) groups is 1. The highest BCUT2D eigenvalue weighted by Gasteiger charge is 2.24. The molecule has 12 heteroatoms. The summed E-state index contributed by atoms with van der Waals surface area (Å²) in [5.41, 5.74) is 6.65. The van der Waals surface area contributed by atoms with Crippen molar-refractivity contribution in [3.8, 4) is 11.5 Å². The molecule has 8 nitrogen and oxygen atoms in total. The summed E-state index contributed by atoms with van der Waals surface area (Å²) in [5, 5.41) is 0. The number of benzene rings is 2. The SMILES string of the molecule is CCOP(=O)(OCC)OCCSSCCOc1cccc(C(=O)Oc2ccc(C(N)=S)cc2)c1. The molecule has 2 rings (SSSR count). The number of ether oxygens (including phenoxy) is 2. The minimum Gasteiger partial charge on any atom is -0.493 e. The van der Waals surface area contributed by atoms with Gasteiger partial charge in [0.1, 0.15) is 16.5 Å². The number of carbonyl (C=O) groups is 1. The van der Waals surface area contributed by atoms with E-state index in [4.69, 9.17) is 41.0 Å². The Balaban J connectivity index is 1.69. The summed E-state index contributed by atoms with van der Waals surface area (Å²) >= 11 is 4.91. The molecule has 0 amide bonds. The van der Waals surface area contributed by atoms with E-state index in [1.54, 1.807) is 84.0 Å². The first-order chi connectivity index (χ1) is 16.4. The van der Waals surface area contributed by atoms with Crippen molar-refractivity contribution < 1.29 is 32.4 Å². The van der Waals surface area contributed by atoms with Gasteiger partial charge in [0.2, 0.25) is 0 Å². The van der Waals surface area contributed by atoms with Crippen LogP contribution in [0.1, 0.15) is 29.8 Å². The molecule has 0 saturated carbocycles. The highest BCUT2D eigenvalue weighted by atomic mass is 33.1. The smallest absolute Gasteiger partial charge is 0.474 e. The van der Waals surface area contributed by atoms with E-state index in [-0.39, 0.29) is 24.8 Å². The molecule has 0 atom stereocenters. The molecule has 0 bridgehead atoms. The Kier molecular flexibility index (Phi) is 13.0. The molecule has 2 aromatic rings. The van der Waals surface area contributed by atoms with E-state index in [2.05, 4.69) is 0 Å². The van der Waals surface area contributed by atoms with Crippen LogP contribution in [0.4, 0.5) is 0 Å².